The minimum absolute atomic E-state index is 0.00111. The highest BCUT2D eigenvalue weighted by Crippen LogP contribution is 2.18. The molecule has 2 rings (SSSR count). The van der Waals surface area contributed by atoms with Gasteiger partial charge in [-0.2, -0.15) is 0 Å². The first-order valence-electron chi connectivity index (χ1n) is 5.02. The van der Waals surface area contributed by atoms with Crippen LogP contribution in [0.1, 0.15) is 5.56 Å². The lowest BCUT2D eigenvalue weighted by atomic mass is 10.2. The Morgan fingerprint density at radius 3 is 2.71 bits per heavy atom. The number of cyclic esters (lactones) is 1. The molecule has 0 saturated carbocycles. The van der Waals surface area contributed by atoms with Gasteiger partial charge in [0.25, 0.3) is 0 Å². The number of nitrogens with zero attached hydrogens (tertiary/aromatic N) is 2. The second-order valence-corrected chi connectivity index (χ2v) is 3.76. The Bertz CT molecular complexity index is 521. The largest absolute Gasteiger partial charge is 0.402 e. The Labute approximate surface area is 98.0 Å². The first kappa shape index (κ1) is 11.3. The summed E-state index contributed by atoms with van der Waals surface area (Å²) in [6.07, 6.45) is 1.52. The lowest BCUT2D eigenvalue weighted by Gasteiger charge is -2.02. The lowest BCUT2D eigenvalue weighted by Crippen LogP contribution is -2.08. The van der Waals surface area contributed by atoms with Crippen LogP contribution in [0, 0.1) is 5.82 Å². The Morgan fingerprint density at radius 2 is 2.06 bits per heavy atom. The van der Waals surface area contributed by atoms with Crippen LogP contribution in [0.15, 0.2) is 41.2 Å². The van der Waals surface area contributed by atoms with Crippen LogP contribution in [0.25, 0.3) is 0 Å². The number of carbonyl (C=O) groups is 1. The van der Waals surface area contributed by atoms with E-state index in [1.807, 2.05) is 0 Å². The molecule has 0 atom stereocenters. The van der Waals surface area contributed by atoms with Crippen LogP contribution in [0.2, 0.25) is 0 Å². The van der Waals surface area contributed by atoms with E-state index in [1.165, 1.54) is 18.3 Å². The summed E-state index contributed by atoms with van der Waals surface area (Å²) in [4.78, 5) is 17.1. The van der Waals surface area contributed by atoms with Gasteiger partial charge in [0.1, 0.15) is 5.82 Å². The summed E-state index contributed by atoms with van der Waals surface area (Å²) in [5.41, 5.74) is 0.344. The Hall–Kier alpha value is -2.17. The number of benzene rings is 1. The molecule has 4 nitrogen and oxygen atoms in total. The van der Waals surface area contributed by atoms with Gasteiger partial charge in [-0.15, -0.1) is 0 Å². The molecule has 0 unspecified atom stereocenters. The van der Waals surface area contributed by atoms with E-state index in [2.05, 4.69) is 4.99 Å². The topological polar surface area (TPSA) is 41.9 Å². The predicted octanol–water partition coefficient (Wildman–Crippen LogP) is 1.53. The third kappa shape index (κ3) is 2.33. The van der Waals surface area contributed by atoms with Crippen molar-refractivity contribution in [1.82, 2.24) is 4.90 Å². The standard InChI is InChI=1S/C12H11FN2O2/c1-15(2)7-10-12(16)17-11(14-10)8-5-3-4-6-9(8)13/h3-7H,1-2H3/b10-7-. The van der Waals surface area contributed by atoms with Crippen molar-refractivity contribution in [3.8, 4) is 0 Å². The number of rotatable bonds is 2. The maximum Gasteiger partial charge on any atom is 0.365 e. The van der Waals surface area contributed by atoms with E-state index in [4.69, 9.17) is 4.74 Å². The molecule has 0 radical (unpaired) electrons. The van der Waals surface area contributed by atoms with Gasteiger partial charge < -0.3 is 9.64 Å². The highest BCUT2D eigenvalue weighted by atomic mass is 19.1. The number of carbonyl (C=O) groups excluding carboxylic acids is 1. The fraction of sp³-hybridized carbons (Fsp3) is 0.167. The van der Waals surface area contributed by atoms with Crippen molar-refractivity contribution >= 4 is 11.9 Å². The van der Waals surface area contributed by atoms with Crippen LogP contribution in [0.5, 0.6) is 0 Å². The van der Waals surface area contributed by atoms with Gasteiger partial charge in [0, 0.05) is 20.3 Å². The molecular formula is C12H11FN2O2. The van der Waals surface area contributed by atoms with Crippen LogP contribution >= 0.6 is 0 Å². The Balaban J connectivity index is 2.37. The van der Waals surface area contributed by atoms with E-state index in [1.54, 1.807) is 31.1 Å². The Morgan fingerprint density at radius 1 is 1.35 bits per heavy atom. The molecule has 0 bridgehead atoms. The first-order valence-corrected chi connectivity index (χ1v) is 5.02. The zero-order valence-electron chi connectivity index (χ0n) is 9.48. The molecule has 0 saturated heterocycles. The summed E-state index contributed by atoms with van der Waals surface area (Å²) < 4.78 is 18.4. The smallest absolute Gasteiger partial charge is 0.365 e. The Kier molecular flexibility index (Phi) is 2.91. The molecule has 0 spiro atoms. The van der Waals surface area contributed by atoms with Gasteiger partial charge in [0.15, 0.2) is 5.70 Å². The zero-order chi connectivity index (χ0) is 12.4. The van der Waals surface area contributed by atoms with Crippen molar-refractivity contribution in [1.29, 1.82) is 0 Å². The summed E-state index contributed by atoms with van der Waals surface area (Å²) in [7, 11) is 3.52. The van der Waals surface area contributed by atoms with Crippen LogP contribution < -0.4 is 0 Å². The third-order valence-corrected chi connectivity index (χ3v) is 2.11. The van der Waals surface area contributed by atoms with E-state index in [0.717, 1.165) is 0 Å². The van der Waals surface area contributed by atoms with Crippen molar-refractivity contribution in [2.45, 2.75) is 0 Å². The quantitative estimate of drug-likeness (QED) is 0.575. The van der Waals surface area contributed by atoms with Crippen molar-refractivity contribution in [2.75, 3.05) is 14.1 Å². The molecule has 5 heteroatoms. The number of hydrogen-bond acceptors (Lipinski definition) is 4. The average molecular weight is 234 g/mol. The van der Waals surface area contributed by atoms with Crippen molar-refractivity contribution in [2.24, 2.45) is 4.99 Å². The normalized spacial score (nSPS) is 17.0. The van der Waals surface area contributed by atoms with E-state index in [9.17, 15) is 9.18 Å². The van der Waals surface area contributed by atoms with Gasteiger partial charge in [-0.25, -0.2) is 14.2 Å². The van der Waals surface area contributed by atoms with E-state index in [0.29, 0.717) is 0 Å². The van der Waals surface area contributed by atoms with Crippen LogP contribution in [0.3, 0.4) is 0 Å². The molecular weight excluding hydrogens is 223 g/mol. The third-order valence-electron chi connectivity index (χ3n) is 2.11. The van der Waals surface area contributed by atoms with Crippen molar-refractivity contribution in [3.63, 3.8) is 0 Å². The van der Waals surface area contributed by atoms with Crippen LogP contribution in [-0.2, 0) is 9.53 Å². The van der Waals surface area contributed by atoms with E-state index in [-0.39, 0.29) is 17.2 Å². The minimum atomic E-state index is -0.572. The molecule has 1 aliphatic heterocycles. The van der Waals surface area contributed by atoms with Gasteiger partial charge in [0.2, 0.25) is 5.90 Å². The SMILES string of the molecule is CN(C)/C=C1\N=C(c2ccccc2F)OC1=O. The molecule has 1 aliphatic rings. The predicted molar refractivity (Wildman–Crippen MR) is 60.8 cm³/mol. The summed E-state index contributed by atoms with van der Waals surface area (Å²) in [5.74, 6) is -1.04. The number of ether oxygens (including phenoxy) is 1. The van der Waals surface area contributed by atoms with Gasteiger partial charge in [-0.3, -0.25) is 0 Å². The maximum absolute atomic E-state index is 13.5. The van der Waals surface area contributed by atoms with Crippen LogP contribution in [-0.4, -0.2) is 30.9 Å². The van der Waals surface area contributed by atoms with E-state index >= 15 is 0 Å². The maximum atomic E-state index is 13.5. The van der Waals surface area contributed by atoms with Crippen LogP contribution in [0.4, 0.5) is 4.39 Å². The number of hydrogen-bond donors (Lipinski definition) is 0. The molecule has 1 heterocycles. The molecule has 88 valence electrons. The monoisotopic (exact) mass is 234 g/mol. The van der Waals surface area contributed by atoms with Gasteiger partial charge in [-0.1, -0.05) is 12.1 Å². The van der Waals surface area contributed by atoms with Crippen molar-refractivity contribution < 1.29 is 13.9 Å². The van der Waals surface area contributed by atoms with Gasteiger partial charge in [0.05, 0.1) is 5.56 Å². The summed E-state index contributed by atoms with van der Waals surface area (Å²) in [5, 5.41) is 0. The molecule has 0 amide bonds. The van der Waals surface area contributed by atoms with Gasteiger partial charge in [-0.05, 0) is 12.1 Å². The molecule has 17 heavy (non-hydrogen) atoms. The average Bonchev–Trinajstić information content (AvgIpc) is 2.60. The molecule has 0 N–H and O–H groups in total. The second kappa shape index (κ2) is 4.37. The molecule has 0 fully saturated rings. The highest BCUT2D eigenvalue weighted by molar-refractivity contribution is 6.11. The fourth-order valence-electron chi connectivity index (χ4n) is 1.39. The zero-order valence-corrected chi connectivity index (χ0v) is 9.48. The summed E-state index contributed by atoms with van der Waals surface area (Å²) in [6, 6.07) is 6.02. The fourth-order valence-corrected chi connectivity index (χ4v) is 1.39. The highest BCUT2D eigenvalue weighted by Gasteiger charge is 2.25. The first-order chi connectivity index (χ1) is 8.08. The molecule has 1 aromatic carbocycles. The summed E-state index contributed by atoms with van der Waals surface area (Å²) in [6.45, 7) is 0. The summed E-state index contributed by atoms with van der Waals surface area (Å²) >= 11 is 0. The van der Waals surface area contributed by atoms with Gasteiger partial charge >= 0.3 is 5.97 Å². The minimum Gasteiger partial charge on any atom is -0.402 e. The number of esters is 1. The second-order valence-electron chi connectivity index (χ2n) is 3.76. The number of aliphatic imine (C=N–C) groups is 1. The molecule has 1 aromatic rings. The molecule has 0 aliphatic carbocycles. The molecule has 0 aromatic heterocycles. The number of halogens is 1. The van der Waals surface area contributed by atoms with Crippen molar-refractivity contribution in [3.05, 3.63) is 47.5 Å². The lowest BCUT2D eigenvalue weighted by molar-refractivity contribution is -0.130. The van der Waals surface area contributed by atoms with E-state index < -0.39 is 11.8 Å².